The lowest BCUT2D eigenvalue weighted by atomic mass is 10.3. The zero-order chi connectivity index (χ0) is 16.7. The summed E-state index contributed by atoms with van der Waals surface area (Å²) in [5.41, 5.74) is 6.41. The standard InChI is InChI=1S/C15H17ClN4O2S/c1-10-8-13(17)20-15(19-10)23-9-14(21)18-6-7-22-12-4-2-11(16)3-5-12/h2-5,8H,6-7,9H2,1H3,(H,18,21)(H2,17,19,20). The van der Waals surface area contributed by atoms with Crippen molar-refractivity contribution in [1.82, 2.24) is 15.3 Å². The minimum absolute atomic E-state index is 0.113. The SMILES string of the molecule is Cc1cc(N)nc(SCC(=O)NCCOc2ccc(Cl)cc2)n1. The number of anilines is 1. The summed E-state index contributed by atoms with van der Waals surface area (Å²) in [5.74, 6) is 1.22. The van der Waals surface area contributed by atoms with Crippen molar-refractivity contribution in [2.75, 3.05) is 24.6 Å². The molecule has 8 heteroatoms. The number of ether oxygens (including phenoxy) is 1. The van der Waals surface area contributed by atoms with Gasteiger partial charge in [0.15, 0.2) is 5.16 Å². The highest BCUT2D eigenvalue weighted by Crippen LogP contribution is 2.15. The molecule has 1 amide bonds. The Kier molecular flexibility index (Phi) is 6.49. The molecular weight excluding hydrogens is 336 g/mol. The van der Waals surface area contributed by atoms with E-state index in [0.29, 0.717) is 34.9 Å². The topological polar surface area (TPSA) is 90.1 Å². The van der Waals surface area contributed by atoms with Gasteiger partial charge >= 0.3 is 0 Å². The normalized spacial score (nSPS) is 10.3. The summed E-state index contributed by atoms with van der Waals surface area (Å²) in [5, 5.41) is 3.92. The number of halogens is 1. The number of aromatic nitrogens is 2. The Morgan fingerprint density at radius 1 is 1.35 bits per heavy atom. The Hall–Kier alpha value is -1.99. The highest BCUT2D eigenvalue weighted by molar-refractivity contribution is 7.99. The van der Waals surface area contributed by atoms with E-state index in [4.69, 9.17) is 22.1 Å². The fraction of sp³-hybridized carbons (Fsp3) is 0.267. The molecule has 0 radical (unpaired) electrons. The molecule has 1 aromatic heterocycles. The molecular formula is C15H17ClN4O2S. The summed E-state index contributed by atoms with van der Waals surface area (Å²) >= 11 is 7.03. The average molecular weight is 353 g/mol. The van der Waals surface area contributed by atoms with Crippen molar-refractivity contribution in [3.8, 4) is 5.75 Å². The predicted octanol–water partition coefficient (Wildman–Crippen LogP) is 2.31. The van der Waals surface area contributed by atoms with Crippen LogP contribution in [0, 0.1) is 6.92 Å². The Morgan fingerprint density at radius 2 is 2.09 bits per heavy atom. The number of nitrogen functional groups attached to an aromatic ring is 1. The number of nitrogens with one attached hydrogen (secondary N) is 1. The van der Waals surface area contributed by atoms with E-state index in [1.54, 1.807) is 30.3 Å². The molecule has 122 valence electrons. The van der Waals surface area contributed by atoms with Crippen LogP contribution >= 0.6 is 23.4 Å². The van der Waals surface area contributed by atoms with Gasteiger partial charge in [-0.25, -0.2) is 9.97 Å². The fourth-order valence-corrected chi connectivity index (χ4v) is 2.57. The number of aryl methyl sites for hydroxylation is 1. The molecule has 2 rings (SSSR count). The van der Waals surface area contributed by atoms with Gasteiger partial charge in [-0.1, -0.05) is 23.4 Å². The maximum absolute atomic E-state index is 11.8. The molecule has 3 N–H and O–H groups in total. The number of rotatable bonds is 7. The molecule has 0 bridgehead atoms. The van der Waals surface area contributed by atoms with Crippen LogP contribution in [-0.2, 0) is 4.79 Å². The van der Waals surface area contributed by atoms with Crippen LogP contribution in [0.3, 0.4) is 0 Å². The number of thioether (sulfide) groups is 1. The largest absolute Gasteiger partial charge is 0.492 e. The number of nitrogens with two attached hydrogens (primary N) is 1. The number of hydrogen-bond acceptors (Lipinski definition) is 6. The van der Waals surface area contributed by atoms with E-state index >= 15 is 0 Å². The van der Waals surface area contributed by atoms with Gasteiger partial charge in [-0.15, -0.1) is 0 Å². The smallest absolute Gasteiger partial charge is 0.230 e. The second-order valence-electron chi connectivity index (χ2n) is 4.66. The lowest BCUT2D eigenvalue weighted by Gasteiger charge is -2.08. The number of nitrogens with zero attached hydrogens (tertiary/aromatic N) is 2. The predicted molar refractivity (Wildman–Crippen MR) is 91.9 cm³/mol. The zero-order valence-electron chi connectivity index (χ0n) is 12.6. The lowest BCUT2D eigenvalue weighted by Crippen LogP contribution is -2.29. The van der Waals surface area contributed by atoms with Gasteiger partial charge in [0.25, 0.3) is 0 Å². The summed E-state index contributed by atoms with van der Waals surface area (Å²) < 4.78 is 5.48. The highest BCUT2D eigenvalue weighted by atomic mass is 35.5. The van der Waals surface area contributed by atoms with E-state index < -0.39 is 0 Å². The number of carbonyl (C=O) groups is 1. The molecule has 0 aliphatic carbocycles. The summed E-state index contributed by atoms with van der Waals surface area (Å²) in [6.07, 6.45) is 0. The first kappa shape index (κ1) is 17.4. The third-order valence-corrected chi connectivity index (χ3v) is 3.79. The second kappa shape index (κ2) is 8.59. The Bertz CT molecular complexity index is 647. The van der Waals surface area contributed by atoms with Gasteiger partial charge in [0, 0.05) is 16.8 Å². The highest BCUT2D eigenvalue weighted by Gasteiger charge is 2.06. The van der Waals surface area contributed by atoms with E-state index in [-0.39, 0.29) is 11.7 Å². The molecule has 0 spiro atoms. The third-order valence-electron chi connectivity index (χ3n) is 2.69. The summed E-state index contributed by atoms with van der Waals surface area (Å²) in [4.78, 5) is 20.0. The van der Waals surface area contributed by atoms with Crippen LogP contribution in [0.2, 0.25) is 5.02 Å². The molecule has 0 unspecified atom stereocenters. The lowest BCUT2D eigenvalue weighted by molar-refractivity contribution is -0.118. The van der Waals surface area contributed by atoms with Crippen molar-refractivity contribution in [2.24, 2.45) is 0 Å². The van der Waals surface area contributed by atoms with Crippen molar-refractivity contribution in [3.05, 3.63) is 41.0 Å². The number of carbonyl (C=O) groups excluding carboxylic acids is 1. The summed E-state index contributed by atoms with van der Waals surface area (Å²) in [6.45, 7) is 2.63. The molecule has 6 nitrogen and oxygen atoms in total. The second-order valence-corrected chi connectivity index (χ2v) is 6.04. The molecule has 0 atom stereocenters. The van der Waals surface area contributed by atoms with Gasteiger partial charge in [0.1, 0.15) is 18.2 Å². The molecule has 2 aromatic rings. The van der Waals surface area contributed by atoms with Crippen molar-refractivity contribution < 1.29 is 9.53 Å². The molecule has 1 heterocycles. The van der Waals surface area contributed by atoms with Gasteiger partial charge < -0.3 is 15.8 Å². The quantitative estimate of drug-likeness (QED) is 0.451. The maximum Gasteiger partial charge on any atom is 0.230 e. The molecule has 0 aliphatic heterocycles. The third kappa shape index (κ3) is 6.33. The molecule has 1 aromatic carbocycles. The van der Waals surface area contributed by atoms with Crippen molar-refractivity contribution in [1.29, 1.82) is 0 Å². The first-order valence-electron chi connectivity index (χ1n) is 6.92. The first-order chi connectivity index (χ1) is 11.0. The van der Waals surface area contributed by atoms with Crippen LogP contribution in [0.25, 0.3) is 0 Å². The Morgan fingerprint density at radius 3 is 2.78 bits per heavy atom. The van der Waals surface area contributed by atoms with Gasteiger partial charge in [-0.05, 0) is 31.2 Å². The number of benzene rings is 1. The van der Waals surface area contributed by atoms with Gasteiger partial charge in [0.05, 0.1) is 12.3 Å². The molecule has 0 aliphatic rings. The monoisotopic (exact) mass is 352 g/mol. The van der Waals surface area contributed by atoms with Crippen LogP contribution in [0.1, 0.15) is 5.69 Å². The average Bonchev–Trinajstić information content (AvgIpc) is 2.50. The minimum atomic E-state index is -0.113. The fourth-order valence-electron chi connectivity index (χ4n) is 1.70. The molecule has 23 heavy (non-hydrogen) atoms. The van der Waals surface area contributed by atoms with Gasteiger partial charge in [-0.3, -0.25) is 4.79 Å². The number of hydrogen-bond donors (Lipinski definition) is 2. The van der Waals surface area contributed by atoms with Crippen molar-refractivity contribution in [3.63, 3.8) is 0 Å². The van der Waals surface area contributed by atoms with Crippen molar-refractivity contribution >= 4 is 35.1 Å². The molecule has 0 fully saturated rings. The molecule has 0 saturated carbocycles. The van der Waals surface area contributed by atoms with Crippen LogP contribution in [-0.4, -0.2) is 34.8 Å². The minimum Gasteiger partial charge on any atom is -0.492 e. The number of amides is 1. The summed E-state index contributed by atoms with van der Waals surface area (Å²) in [7, 11) is 0. The Balaban J connectivity index is 1.66. The zero-order valence-corrected chi connectivity index (χ0v) is 14.2. The van der Waals surface area contributed by atoms with E-state index in [0.717, 1.165) is 5.69 Å². The first-order valence-corrected chi connectivity index (χ1v) is 8.28. The van der Waals surface area contributed by atoms with E-state index in [1.807, 2.05) is 6.92 Å². The van der Waals surface area contributed by atoms with Gasteiger partial charge in [-0.2, -0.15) is 0 Å². The maximum atomic E-state index is 11.8. The van der Waals surface area contributed by atoms with Crippen molar-refractivity contribution in [2.45, 2.75) is 12.1 Å². The molecule has 0 saturated heterocycles. The van der Waals surface area contributed by atoms with E-state index in [2.05, 4.69) is 15.3 Å². The van der Waals surface area contributed by atoms with Crippen LogP contribution in [0.4, 0.5) is 5.82 Å². The Labute approximate surface area is 143 Å². The van der Waals surface area contributed by atoms with Gasteiger partial charge in [0.2, 0.25) is 5.91 Å². The van der Waals surface area contributed by atoms with Crippen LogP contribution in [0.5, 0.6) is 5.75 Å². The van der Waals surface area contributed by atoms with E-state index in [9.17, 15) is 4.79 Å². The van der Waals surface area contributed by atoms with Crippen LogP contribution in [0.15, 0.2) is 35.5 Å². The summed E-state index contributed by atoms with van der Waals surface area (Å²) in [6, 6.07) is 8.73. The van der Waals surface area contributed by atoms with Crippen LogP contribution < -0.4 is 15.8 Å². The van der Waals surface area contributed by atoms with E-state index in [1.165, 1.54) is 11.8 Å².